The fourth-order valence-electron chi connectivity index (χ4n) is 3.00. The lowest BCUT2D eigenvalue weighted by Crippen LogP contribution is -2.20. The third kappa shape index (κ3) is 5.72. The number of aromatic nitrogens is 4. The molecule has 2 heterocycles. The smallest absolute Gasteiger partial charge is 0.250 e. The summed E-state index contributed by atoms with van der Waals surface area (Å²) in [6.45, 7) is 2.02. The van der Waals surface area contributed by atoms with E-state index < -0.39 is 0 Å². The molecule has 0 spiro atoms. The van der Waals surface area contributed by atoms with Crippen molar-refractivity contribution in [3.05, 3.63) is 81.0 Å². The van der Waals surface area contributed by atoms with Crippen LogP contribution in [0.2, 0.25) is 0 Å². The normalized spacial score (nSPS) is 11.1. The molecule has 0 saturated heterocycles. The molecule has 172 valence electrons. The summed E-state index contributed by atoms with van der Waals surface area (Å²) in [5.41, 5.74) is 5.82. The van der Waals surface area contributed by atoms with Gasteiger partial charge >= 0.3 is 0 Å². The van der Waals surface area contributed by atoms with Gasteiger partial charge in [0.1, 0.15) is 5.75 Å². The quantitative estimate of drug-likeness (QED) is 0.173. The zero-order chi connectivity index (χ0) is 24.1. The van der Waals surface area contributed by atoms with E-state index in [-0.39, 0.29) is 17.4 Å². The third-order valence-corrected chi connectivity index (χ3v) is 6.64. The summed E-state index contributed by atoms with van der Waals surface area (Å²) in [5, 5.41) is 23.3. The van der Waals surface area contributed by atoms with E-state index in [9.17, 15) is 9.90 Å². The van der Waals surface area contributed by atoms with Gasteiger partial charge in [-0.15, -0.1) is 10.2 Å². The van der Waals surface area contributed by atoms with E-state index in [1.165, 1.54) is 18.0 Å². The number of pyridine rings is 1. The highest BCUT2D eigenvalue weighted by atomic mass is 79.9. The summed E-state index contributed by atoms with van der Waals surface area (Å²) in [7, 11) is 0. The number of hydrazone groups is 1. The predicted octanol–water partition coefficient (Wildman–Crippen LogP) is 5.11. The van der Waals surface area contributed by atoms with Crippen LogP contribution in [-0.4, -0.2) is 42.7 Å². The van der Waals surface area contributed by atoms with Gasteiger partial charge in [0.2, 0.25) is 0 Å². The largest absolute Gasteiger partial charge is 0.506 e. The second-order valence-corrected chi connectivity index (χ2v) is 9.83. The molecule has 0 bridgehead atoms. The van der Waals surface area contributed by atoms with Crippen LogP contribution in [0.3, 0.4) is 0 Å². The number of aryl methyl sites for hydroxylation is 1. The van der Waals surface area contributed by atoms with Gasteiger partial charge in [-0.25, -0.2) is 5.43 Å². The van der Waals surface area contributed by atoms with Crippen LogP contribution in [0.25, 0.3) is 17.1 Å². The molecule has 0 fully saturated rings. The van der Waals surface area contributed by atoms with E-state index in [1.54, 1.807) is 24.5 Å². The van der Waals surface area contributed by atoms with Gasteiger partial charge < -0.3 is 5.11 Å². The van der Waals surface area contributed by atoms with Gasteiger partial charge in [0, 0.05) is 33.7 Å². The first kappa shape index (κ1) is 24.1. The number of thioether (sulfide) groups is 1. The van der Waals surface area contributed by atoms with Crippen molar-refractivity contribution in [3.63, 3.8) is 0 Å². The van der Waals surface area contributed by atoms with Gasteiger partial charge in [-0.1, -0.05) is 45.4 Å². The van der Waals surface area contributed by atoms with Crippen LogP contribution in [0, 0.1) is 6.92 Å². The Kier molecular flexibility index (Phi) is 7.76. The molecule has 0 aliphatic rings. The highest BCUT2D eigenvalue weighted by molar-refractivity contribution is 9.11. The van der Waals surface area contributed by atoms with Gasteiger partial charge in [-0.2, -0.15) is 5.10 Å². The number of benzene rings is 2. The highest BCUT2D eigenvalue weighted by Gasteiger charge is 2.17. The van der Waals surface area contributed by atoms with Crippen LogP contribution in [-0.2, 0) is 4.79 Å². The van der Waals surface area contributed by atoms with E-state index in [2.05, 4.69) is 57.6 Å². The van der Waals surface area contributed by atoms with E-state index in [4.69, 9.17) is 0 Å². The summed E-state index contributed by atoms with van der Waals surface area (Å²) >= 11 is 7.87. The monoisotopic (exact) mass is 600 g/mol. The molecular formula is C23H18Br2N6O2S. The zero-order valence-electron chi connectivity index (χ0n) is 17.8. The molecule has 2 aromatic carbocycles. The van der Waals surface area contributed by atoms with Gasteiger partial charge in [0.15, 0.2) is 11.0 Å². The Bertz CT molecular complexity index is 1340. The maximum atomic E-state index is 12.4. The molecule has 0 atom stereocenters. The van der Waals surface area contributed by atoms with Crippen molar-refractivity contribution in [2.24, 2.45) is 5.10 Å². The second kappa shape index (κ2) is 10.9. The Morgan fingerprint density at radius 3 is 2.62 bits per heavy atom. The van der Waals surface area contributed by atoms with Crippen LogP contribution in [0.1, 0.15) is 11.1 Å². The van der Waals surface area contributed by atoms with Crippen molar-refractivity contribution < 1.29 is 9.90 Å². The van der Waals surface area contributed by atoms with E-state index >= 15 is 0 Å². The summed E-state index contributed by atoms with van der Waals surface area (Å²) in [5.74, 6) is 0.443. The standard InChI is InChI=1S/C23H18Br2N6O2S/c1-14-2-4-18(5-3-14)31-22(15-6-8-26-9-7-15)29-30-23(31)34-13-20(32)28-27-12-16-10-17(24)11-19(25)21(16)33/h2-12,33H,13H2,1H3,(H,28,32)/b27-12-. The first-order valence-electron chi connectivity index (χ1n) is 9.98. The lowest BCUT2D eigenvalue weighted by molar-refractivity contribution is -0.118. The number of amides is 1. The topological polar surface area (TPSA) is 105 Å². The average molecular weight is 602 g/mol. The van der Waals surface area contributed by atoms with Gasteiger partial charge in [0.25, 0.3) is 5.91 Å². The number of rotatable bonds is 7. The maximum Gasteiger partial charge on any atom is 0.250 e. The summed E-state index contributed by atoms with van der Waals surface area (Å²) in [6.07, 6.45) is 4.77. The molecule has 0 unspecified atom stereocenters. The molecule has 4 rings (SSSR count). The minimum absolute atomic E-state index is 0.0328. The Morgan fingerprint density at radius 2 is 1.88 bits per heavy atom. The molecule has 8 nitrogen and oxygen atoms in total. The van der Waals surface area contributed by atoms with Crippen molar-refractivity contribution in [3.8, 4) is 22.8 Å². The Morgan fingerprint density at radius 1 is 1.15 bits per heavy atom. The van der Waals surface area contributed by atoms with Crippen molar-refractivity contribution in [2.45, 2.75) is 12.1 Å². The number of phenols is 1. The number of carbonyl (C=O) groups is 1. The van der Waals surface area contributed by atoms with Gasteiger partial charge in [0.05, 0.1) is 16.4 Å². The molecule has 4 aromatic rings. The fraction of sp³-hybridized carbons (Fsp3) is 0.0870. The number of phenolic OH excluding ortho intramolecular Hbond substituents is 1. The Hall–Kier alpha value is -3.02. The van der Waals surface area contributed by atoms with Crippen LogP contribution < -0.4 is 5.43 Å². The minimum atomic E-state index is -0.321. The molecule has 34 heavy (non-hydrogen) atoms. The molecule has 0 radical (unpaired) electrons. The number of carbonyl (C=O) groups excluding carboxylic acids is 1. The summed E-state index contributed by atoms with van der Waals surface area (Å²) in [6, 6.07) is 15.1. The van der Waals surface area contributed by atoms with E-state index in [1.807, 2.05) is 47.9 Å². The Labute approximate surface area is 216 Å². The number of aromatic hydroxyl groups is 1. The lowest BCUT2D eigenvalue weighted by Gasteiger charge is -2.10. The van der Waals surface area contributed by atoms with E-state index in [0.29, 0.717) is 21.0 Å². The SMILES string of the molecule is Cc1ccc(-n2c(SCC(=O)N/N=C\c3cc(Br)cc(Br)c3O)nnc2-c2ccncc2)cc1. The highest BCUT2D eigenvalue weighted by Crippen LogP contribution is 2.31. The van der Waals surface area contributed by atoms with Crippen molar-refractivity contribution >= 4 is 55.7 Å². The van der Waals surface area contributed by atoms with Crippen LogP contribution in [0.5, 0.6) is 5.75 Å². The third-order valence-electron chi connectivity index (χ3n) is 4.65. The number of hydrogen-bond donors (Lipinski definition) is 2. The first-order valence-corrected chi connectivity index (χ1v) is 12.5. The number of nitrogens with zero attached hydrogens (tertiary/aromatic N) is 5. The Balaban J connectivity index is 1.50. The molecule has 0 aliphatic carbocycles. The molecule has 0 saturated carbocycles. The fourth-order valence-corrected chi connectivity index (χ4v) is 5.00. The van der Waals surface area contributed by atoms with Crippen LogP contribution in [0.4, 0.5) is 0 Å². The molecule has 11 heteroatoms. The number of hydrogen-bond acceptors (Lipinski definition) is 7. The first-order chi connectivity index (χ1) is 16.4. The predicted molar refractivity (Wildman–Crippen MR) is 139 cm³/mol. The molecule has 2 N–H and O–H groups in total. The van der Waals surface area contributed by atoms with Crippen molar-refractivity contribution in [2.75, 3.05) is 5.75 Å². The van der Waals surface area contributed by atoms with Gasteiger partial charge in [-0.05, 0) is 59.3 Å². The average Bonchev–Trinajstić information content (AvgIpc) is 3.26. The maximum absolute atomic E-state index is 12.4. The molecular weight excluding hydrogens is 584 g/mol. The summed E-state index contributed by atoms with van der Waals surface area (Å²) < 4.78 is 3.19. The molecule has 2 aromatic heterocycles. The minimum Gasteiger partial charge on any atom is -0.506 e. The second-order valence-electron chi connectivity index (χ2n) is 7.12. The van der Waals surface area contributed by atoms with Crippen molar-refractivity contribution in [1.29, 1.82) is 0 Å². The molecule has 1 amide bonds. The van der Waals surface area contributed by atoms with E-state index in [0.717, 1.165) is 21.3 Å². The van der Waals surface area contributed by atoms with Crippen LogP contribution in [0.15, 0.2) is 80.1 Å². The number of halogens is 2. The molecule has 0 aliphatic heterocycles. The van der Waals surface area contributed by atoms with Crippen molar-refractivity contribution in [1.82, 2.24) is 25.2 Å². The van der Waals surface area contributed by atoms with Gasteiger partial charge in [-0.3, -0.25) is 14.3 Å². The number of nitrogens with one attached hydrogen (secondary N) is 1. The summed E-state index contributed by atoms with van der Waals surface area (Å²) in [4.78, 5) is 16.5. The van der Waals surface area contributed by atoms with Crippen LogP contribution >= 0.6 is 43.6 Å². The zero-order valence-corrected chi connectivity index (χ0v) is 21.8. The lowest BCUT2D eigenvalue weighted by atomic mass is 10.2.